The summed E-state index contributed by atoms with van der Waals surface area (Å²) in [4.78, 5) is 28.5. The first-order valence-corrected chi connectivity index (χ1v) is 19.1. The molecule has 1 radical (unpaired) electrons. The molecule has 3 fully saturated rings. The molecule has 3 aliphatic heterocycles. The third kappa shape index (κ3) is 15.0. The van der Waals surface area contributed by atoms with Gasteiger partial charge in [-0.15, -0.1) is 18.1 Å². The zero-order valence-corrected chi connectivity index (χ0v) is 28.6. The third-order valence-corrected chi connectivity index (χ3v) is 11.9. The topological polar surface area (TPSA) is 182 Å². The molecule has 3 N–H and O–H groups in total. The van der Waals surface area contributed by atoms with Crippen molar-refractivity contribution in [2.24, 2.45) is 0 Å². The molecule has 0 aromatic carbocycles. The molecular formula is C24H51FeN3O9P3. The number of rotatable bonds is 9. The maximum Gasteiger partial charge on any atom is 3.00 e. The predicted octanol–water partition coefficient (Wildman–Crippen LogP) is 7.44. The molecule has 3 rings (SSSR count). The standard InChI is InChI=1S/3C8H17NO3P.Fe/c3*1-3-12-13(10,11)8-6-4-5-7(2)9-8;/h3*7-8H,3-6H2,1-2H3,(H,10,11);/q3*-1;+3. The van der Waals surface area contributed by atoms with Gasteiger partial charge in [-0.3, -0.25) is 13.7 Å². The van der Waals surface area contributed by atoms with Gasteiger partial charge in [0.2, 0.25) is 0 Å². The Bertz CT molecular complexity index is 740. The van der Waals surface area contributed by atoms with Gasteiger partial charge in [0.1, 0.15) is 0 Å². The molecule has 0 bridgehead atoms. The minimum Gasteiger partial charge on any atom is -0.647 e. The van der Waals surface area contributed by atoms with E-state index in [1.807, 2.05) is 20.8 Å². The Hall–Kier alpha value is 0.849. The molecule has 0 aromatic rings. The van der Waals surface area contributed by atoms with E-state index in [2.05, 4.69) is 16.0 Å². The Morgan fingerprint density at radius 2 is 0.775 bits per heavy atom. The van der Waals surface area contributed by atoms with Crippen LogP contribution in [0, 0.1) is 0 Å². The van der Waals surface area contributed by atoms with E-state index in [1.165, 1.54) is 0 Å². The van der Waals surface area contributed by atoms with E-state index in [4.69, 9.17) is 13.6 Å². The smallest absolute Gasteiger partial charge is 0.647 e. The van der Waals surface area contributed by atoms with E-state index in [0.717, 1.165) is 38.5 Å². The van der Waals surface area contributed by atoms with E-state index < -0.39 is 40.1 Å². The average Bonchev–Trinajstić information content (AvgIpc) is 2.85. The summed E-state index contributed by atoms with van der Waals surface area (Å²) in [5.41, 5.74) is 0. The molecule has 0 spiro atoms. The maximum atomic E-state index is 11.6. The fourth-order valence-corrected chi connectivity index (χ4v) is 9.01. The van der Waals surface area contributed by atoms with Gasteiger partial charge in [-0.1, -0.05) is 78.6 Å². The van der Waals surface area contributed by atoms with Crippen molar-refractivity contribution in [1.82, 2.24) is 0 Å². The fraction of sp³-hybridized carbons (Fsp3) is 1.00. The van der Waals surface area contributed by atoms with Gasteiger partial charge >= 0.3 is 39.9 Å². The van der Waals surface area contributed by atoms with Gasteiger partial charge in [-0.05, 0) is 38.1 Å². The van der Waals surface area contributed by atoms with E-state index in [0.29, 0.717) is 19.3 Å². The largest absolute Gasteiger partial charge is 3.00 e. The van der Waals surface area contributed by atoms with E-state index >= 15 is 0 Å². The van der Waals surface area contributed by atoms with Crippen LogP contribution in [0.2, 0.25) is 0 Å². The molecule has 0 amide bonds. The second kappa shape index (κ2) is 20.0. The third-order valence-electron chi connectivity index (χ3n) is 6.60. The molecule has 40 heavy (non-hydrogen) atoms. The van der Waals surface area contributed by atoms with Crippen LogP contribution in [0.5, 0.6) is 0 Å². The monoisotopic (exact) mass is 674 g/mol. The zero-order chi connectivity index (χ0) is 29.7. The van der Waals surface area contributed by atoms with Crippen molar-refractivity contribution in [1.29, 1.82) is 0 Å². The zero-order valence-electron chi connectivity index (χ0n) is 24.8. The molecule has 9 atom stereocenters. The summed E-state index contributed by atoms with van der Waals surface area (Å²) in [5.74, 6) is -1.47. The first-order valence-electron chi connectivity index (χ1n) is 14.2. The van der Waals surface area contributed by atoms with E-state index in [1.54, 1.807) is 20.8 Å². The predicted molar refractivity (Wildman–Crippen MR) is 156 cm³/mol. The van der Waals surface area contributed by atoms with Gasteiger partial charge in [0, 0.05) is 0 Å². The van der Waals surface area contributed by atoms with Crippen molar-refractivity contribution in [2.75, 3.05) is 19.8 Å². The Balaban J connectivity index is 0.000000563. The second-order valence-corrected chi connectivity index (χ2v) is 16.1. The molecular weight excluding hydrogens is 623 g/mol. The van der Waals surface area contributed by atoms with Crippen LogP contribution < -0.4 is 0 Å². The summed E-state index contributed by atoms with van der Waals surface area (Å²) in [6.07, 6.45) is 7.98. The summed E-state index contributed by atoms with van der Waals surface area (Å²) in [7, 11) is -10.4. The summed E-state index contributed by atoms with van der Waals surface area (Å²) < 4.78 is 49.2. The fourth-order valence-electron chi connectivity index (χ4n) is 4.67. The second-order valence-electron chi connectivity index (χ2n) is 10.2. The van der Waals surface area contributed by atoms with Crippen molar-refractivity contribution in [3.8, 4) is 0 Å². The van der Waals surface area contributed by atoms with Gasteiger partial charge in [-0.25, -0.2) is 0 Å². The number of hydrogen-bond acceptors (Lipinski definition) is 6. The summed E-state index contributed by atoms with van der Waals surface area (Å²) in [5, 5.41) is 12.7. The summed E-state index contributed by atoms with van der Waals surface area (Å²) >= 11 is 0. The number of nitrogens with zero attached hydrogens (tertiary/aromatic N) is 3. The van der Waals surface area contributed by atoms with Crippen molar-refractivity contribution >= 4 is 22.8 Å². The average molecular weight is 674 g/mol. The van der Waals surface area contributed by atoms with Crippen LogP contribution in [0.15, 0.2) is 0 Å². The van der Waals surface area contributed by atoms with Crippen LogP contribution in [0.3, 0.4) is 0 Å². The molecule has 0 saturated carbocycles. The Morgan fingerprint density at radius 1 is 0.550 bits per heavy atom. The van der Waals surface area contributed by atoms with Gasteiger partial charge in [0.25, 0.3) is 0 Å². The molecule has 9 unspecified atom stereocenters. The Labute approximate surface area is 251 Å². The molecule has 3 aliphatic rings. The van der Waals surface area contributed by atoms with Crippen LogP contribution in [0.25, 0.3) is 16.0 Å². The summed E-state index contributed by atoms with van der Waals surface area (Å²) in [6.45, 7) is 11.9. The molecule has 16 heteroatoms. The minimum atomic E-state index is -3.47. The van der Waals surface area contributed by atoms with Crippen LogP contribution >= 0.6 is 22.8 Å². The number of hydrogen-bond donors (Lipinski definition) is 3. The Morgan fingerprint density at radius 3 is 0.950 bits per heavy atom. The molecule has 3 saturated heterocycles. The van der Waals surface area contributed by atoms with Crippen molar-refractivity contribution in [2.45, 2.75) is 135 Å². The molecule has 12 nitrogen and oxygen atoms in total. The van der Waals surface area contributed by atoms with Crippen molar-refractivity contribution in [3.05, 3.63) is 16.0 Å². The molecule has 3 heterocycles. The molecule has 0 aromatic heterocycles. The van der Waals surface area contributed by atoms with Crippen molar-refractivity contribution < 1.29 is 59.0 Å². The van der Waals surface area contributed by atoms with Gasteiger partial charge in [-0.2, -0.15) is 0 Å². The normalized spacial score (nSPS) is 33.2. The van der Waals surface area contributed by atoms with Crippen LogP contribution in [0.1, 0.15) is 99.3 Å². The van der Waals surface area contributed by atoms with Crippen LogP contribution in [-0.2, 0) is 44.3 Å². The van der Waals surface area contributed by atoms with Gasteiger partial charge in [0.15, 0.2) is 0 Å². The quantitative estimate of drug-likeness (QED) is 0.165. The molecule has 0 aliphatic carbocycles. The van der Waals surface area contributed by atoms with Gasteiger partial charge in [0.05, 0.1) is 19.8 Å². The van der Waals surface area contributed by atoms with Gasteiger partial charge < -0.3 is 44.2 Å². The summed E-state index contributed by atoms with van der Waals surface area (Å²) in [6, 6.07) is 0.582. The van der Waals surface area contributed by atoms with Crippen LogP contribution in [-0.4, -0.2) is 70.0 Å². The number of piperidine rings is 3. The van der Waals surface area contributed by atoms with E-state index in [9.17, 15) is 28.4 Å². The molecule has 239 valence electrons. The minimum absolute atomic E-state index is 0. The van der Waals surface area contributed by atoms with Crippen molar-refractivity contribution in [3.63, 3.8) is 0 Å². The first kappa shape index (κ1) is 40.8. The maximum absolute atomic E-state index is 11.6. The van der Waals surface area contributed by atoms with E-state index in [-0.39, 0.29) is 55.0 Å². The first-order chi connectivity index (χ1) is 18.2. The SMILES string of the molecule is CCOP(=O)(O)C1CCCC(C)[N-]1.CCOP(=O)(O)C1CCCC(C)[N-]1.CCOP(=O)(O)C1CCCC(C)[N-]1.[Fe+3]. The van der Waals surface area contributed by atoms with Crippen LogP contribution in [0.4, 0.5) is 0 Å². The Kier molecular flexibility index (Phi) is 20.4.